The van der Waals surface area contributed by atoms with Crippen LogP contribution in [0.4, 0.5) is 0 Å². The van der Waals surface area contributed by atoms with E-state index in [-0.39, 0.29) is 5.91 Å². The number of rotatable bonds is 5. The number of para-hydroxylation sites is 1. The van der Waals surface area contributed by atoms with Gasteiger partial charge in [0, 0.05) is 43.1 Å². The van der Waals surface area contributed by atoms with E-state index in [1.165, 1.54) is 10.9 Å². The van der Waals surface area contributed by atoms with Gasteiger partial charge in [0.25, 0.3) is 0 Å². The number of carbonyl (C=O) groups excluding carboxylic acids is 1. The third kappa shape index (κ3) is 4.29. The lowest BCUT2D eigenvalue weighted by molar-refractivity contribution is -0.127. The Morgan fingerprint density at radius 3 is 2.70 bits per heavy atom. The van der Waals surface area contributed by atoms with E-state index < -0.39 is 0 Å². The molecule has 3 heterocycles. The number of nitrogens with zero attached hydrogens (tertiary/aromatic N) is 4. The maximum Gasteiger partial charge on any atom is 0.246 e. The summed E-state index contributed by atoms with van der Waals surface area (Å²) >= 11 is 0. The first kappa shape index (κ1) is 21.1. The number of carbonyl (C=O) groups is 1. The van der Waals surface area contributed by atoms with Crippen molar-refractivity contribution in [3.05, 3.63) is 84.6 Å². The number of hydrogen-bond donors (Lipinski definition) is 0. The predicted molar refractivity (Wildman–Crippen MR) is 131 cm³/mol. The second-order valence-corrected chi connectivity index (χ2v) is 8.53. The van der Waals surface area contributed by atoms with Crippen molar-refractivity contribution >= 4 is 22.9 Å². The molecule has 0 unspecified atom stereocenters. The van der Waals surface area contributed by atoms with Crippen LogP contribution in [0.1, 0.15) is 30.1 Å². The molecule has 2 aromatic carbocycles. The zero-order chi connectivity index (χ0) is 22.8. The molecule has 6 heteroatoms. The minimum absolute atomic E-state index is 0.0547. The minimum atomic E-state index is 0.0547. The third-order valence-electron chi connectivity index (χ3n) is 6.41. The van der Waals surface area contributed by atoms with Gasteiger partial charge in [-0.2, -0.15) is 0 Å². The molecule has 6 nitrogen and oxygen atoms in total. The first-order valence-electron chi connectivity index (χ1n) is 11.3. The molecule has 1 aliphatic rings. The van der Waals surface area contributed by atoms with E-state index in [0.29, 0.717) is 6.04 Å². The Morgan fingerprint density at radius 2 is 1.94 bits per heavy atom. The molecule has 1 aliphatic heterocycles. The van der Waals surface area contributed by atoms with Gasteiger partial charge in [0.15, 0.2) is 0 Å². The van der Waals surface area contributed by atoms with Crippen molar-refractivity contribution < 1.29 is 9.53 Å². The van der Waals surface area contributed by atoms with Gasteiger partial charge in [0.2, 0.25) is 5.91 Å². The molecule has 0 saturated carbocycles. The first-order chi connectivity index (χ1) is 16.1. The standard InChI is InChI=1S/C27H28N4O2/c1-20-18-30(19-28-20)25-9-7-21(17-26(25)33-2)8-10-27(32)29-14-12-23(13-15-29)31-16-11-22-5-3-4-6-24(22)31/h3-11,16-19,23H,12-15H2,1-2H3. The van der Waals surface area contributed by atoms with Gasteiger partial charge in [-0.05, 0) is 61.1 Å². The molecule has 1 amide bonds. The molecule has 2 aromatic heterocycles. The van der Waals surface area contributed by atoms with Crippen LogP contribution in [0.15, 0.2) is 73.3 Å². The Bertz CT molecular complexity index is 1310. The summed E-state index contributed by atoms with van der Waals surface area (Å²) in [5, 5.41) is 1.27. The number of aromatic nitrogens is 3. The van der Waals surface area contributed by atoms with E-state index >= 15 is 0 Å². The predicted octanol–water partition coefficient (Wildman–Crippen LogP) is 5.02. The third-order valence-corrected chi connectivity index (χ3v) is 6.41. The Balaban J connectivity index is 1.23. The van der Waals surface area contributed by atoms with Gasteiger partial charge in [-0.15, -0.1) is 0 Å². The smallest absolute Gasteiger partial charge is 0.246 e. The Hall–Kier alpha value is -3.80. The number of benzene rings is 2. The van der Waals surface area contributed by atoms with Gasteiger partial charge >= 0.3 is 0 Å². The van der Waals surface area contributed by atoms with E-state index in [2.05, 4.69) is 46.1 Å². The molecular formula is C27H28N4O2. The molecule has 4 aromatic rings. The summed E-state index contributed by atoms with van der Waals surface area (Å²) in [4.78, 5) is 19.0. The average molecular weight is 441 g/mol. The summed E-state index contributed by atoms with van der Waals surface area (Å²) in [6.45, 7) is 3.49. The SMILES string of the molecule is COc1cc(C=CC(=O)N2CCC(n3ccc4ccccc43)CC2)ccc1-n1cnc(C)c1. The summed E-state index contributed by atoms with van der Waals surface area (Å²) in [7, 11) is 1.65. The zero-order valence-electron chi connectivity index (χ0n) is 19.0. The quantitative estimate of drug-likeness (QED) is 0.410. The van der Waals surface area contributed by atoms with E-state index in [1.54, 1.807) is 19.5 Å². The van der Waals surface area contributed by atoms with Crippen LogP contribution in [0, 0.1) is 6.92 Å². The van der Waals surface area contributed by atoms with Crippen LogP contribution in [-0.2, 0) is 4.79 Å². The van der Waals surface area contributed by atoms with E-state index in [1.807, 2.05) is 46.9 Å². The Labute approximate surface area is 193 Å². The van der Waals surface area contributed by atoms with Crippen molar-refractivity contribution in [3.63, 3.8) is 0 Å². The van der Waals surface area contributed by atoms with Crippen molar-refractivity contribution in [3.8, 4) is 11.4 Å². The molecule has 5 rings (SSSR count). The molecule has 1 saturated heterocycles. The fourth-order valence-corrected chi connectivity index (χ4v) is 4.62. The van der Waals surface area contributed by atoms with Crippen molar-refractivity contribution in [2.45, 2.75) is 25.8 Å². The highest BCUT2D eigenvalue weighted by Gasteiger charge is 2.23. The highest BCUT2D eigenvalue weighted by Crippen LogP contribution is 2.28. The number of methoxy groups -OCH3 is 1. The van der Waals surface area contributed by atoms with E-state index in [4.69, 9.17) is 4.74 Å². The van der Waals surface area contributed by atoms with Gasteiger partial charge < -0.3 is 18.8 Å². The number of fused-ring (bicyclic) bond motifs is 1. The van der Waals surface area contributed by atoms with Crippen LogP contribution in [0.5, 0.6) is 5.75 Å². The molecule has 1 fully saturated rings. The highest BCUT2D eigenvalue weighted by atomic mass is 16.5. The lowest BCUT2D eigenvalue weighted by atomic mass is 10.0. The van der Waals surface area contributed by atoms with Crippen LogP contribution >= 0.6 is 0 Å². The summed E-state index contributed by atoms with van der Waals surface area (Å²) in [5.74, 6) is 0.792. The Morgan fingerprint density at radius 1 is 1.12 bits per heavy atom. The topological polar surface area (TPSA) is 52.3 Å². The van der Waals surface area contributed by atoms with Crippen LogP contribution < -0.4 is 4.74 Å². The van der Waals surface area contributed by atoms with Crippen LogP contribution in [0.2, 0.25) is 0 Å². The van der Waals surface area contributed by atoms with Gasteiger partial charge in [0.05, 0.1) is 24.8 Å². The van der Waals surface area contributed by atoms with Gasteiger partial charge in [0.1, 0.15) is 5.75 Å². The normalized spacial score (nSPS) is 14.9. The monoisotopic (exact) mass is 440 g/mol. The lowest BCUT2D eigenvalue weighted by Gasteiger charge is -2.32. The number of imidazole rings is 1. The van der Waals surface area contributed by atoms with Crippen molar-refractivity contribution in [1.82, 2.24) is 19.0 Å². The maximum absolute atomic E-state index is 12.8. The number of piperidine rings is 1. The fraction of sp³-hybridized carbons (Fsp3) is 0.259. The van der Waals surface area contributed by atoms with Crippen LogP contribution in [0.25, 0.3) is 22.7 Å². The molecule has 0 spiro atoms. The average Bonchev–Trinajstić information content (AvgIpc) is 3.49. The summed E-state index contributed by atoms with van der Waals surface area (Å²) in [6.07, 6.45) is 11.4. The summed E-state index contributed by atoms with van der Waals surface area (Å²) < 4.78 is 9.87. The summed E-state index contributed by atoms with van der Waals surface area (Å²) in [6, 6.07) is 17.0. The lowest BCUT2D eigenvalue weighted by Crippen LogP contribution is -2.38. The Kier molecular flexibility index (Phi) is 5.73. The van der Waals surface area contributed by atoms with Crippen molar-refractivity contribution in [1.29, 1.82) is 0 Å². The van der Waals surface area contributed by atoms with Gasteiger partial charge in [-0.3, -0.25) is 4.79 Å². The second kappa shape index (κ2) is 8.98. The maximum atomic E-state index is 12.8. The molecule has 0 N–H and O–H groups in total. The number of likely N-dealkylation sites (tertiary alicyclic amines) is 1. The molecule has 0 radical (unpaired) electrons. The zero-order valence-corrected chi connectivity index (χ0v) is 19.0. The molecule has 0 atom stereocenters. The van der Waals surface area contributed by atoms with Gasteiger partial charge in [-0.1, -0.05) is 24.3 Å². The van der Waals surface area contributed by atoms with E-state index in [0.717, 1.165) is 48.6 Å². The number of ether oxygens (including phenoxy) is 1. The molecule has 168 valence electrons. The van der Waals surface area contributed by atoms with E-state index in [9.17, 15) is 4.79 Å². The van der Waals surface area contributed by atoms with Crippen LogP contribution in [0.3, 0.4) is 0 Å². The van der Waals surface area contributed by atoms with Crippen molar-refractivity contribution in [2.75, 3.05) is 20.2 Å². The molecule has 33 heavy (non-hydrogen) atoms. The number of amides is 1. The molecule has 0 aliphatic carbocycles. The largest absolute Gasteiger partial charge is 0.495 e. The fourth-order valence-electron chi connectivity index (χ4n) is 4.62. The first-order valence-corrected chi connectivity index (χ1v) is 11.3. The number of hydrogen-bond acceptors (Lipinski definition) is 3. The van der Waals surface area contributed by atoms with Gasteiger partial charge in [-0.25, -0.2) is 4.98 Å². The highest BCUT2D eigenvalue weighted by molar-refractivity contribution is 5.92. The van der Waals surface area contributed by atoms with Crippen LogP contribution in [-0.4, -0.2) is 45.1 Å². The second-order valence-electron chi connectivity index (χ2n) is 8.53. The number of aryl methyl sites for hydroxylation is 1. The molecule has 0 bridgehead atoms. The summed E-state index contributed by atoms with van der Waals surface area (Å²) in [5.41, 5.74) is 4.06. The van der Waals surface area contributed by atoms with Crippen molar-refractivity contribution in [2.24, 2.45) is 0 Å². The molecular weight excluding hydrogens is 412 g/mol. The minimum Gasteiger partial charge on any atom is -0.495 e.